The normalized spacial score (nSPS) is 18.1. The number of rotatable bonds is 9. The van der Waals surface area contributed by atoms with Gasteiger partial charge >= 0.3 is 6.18 Å². The lowest BCUT2D eigenvalue weighted by Gasteiger charge is -2.15. The summed E-state index contributed by atoms with van der Waals surface area (Å²) in [6.07, 6.45) is -2.43. The quantitative estimate of drug-likeness (QED) is 0.443. The number of hydrogen-bond donors (Lipinski definition) is 1. The first-order chi connectivity index (χ1) is 16.3. The fourth-order valence-corrected chi connectivity index (χ4v) is 3.72. The van der Waals surface area contributed by atoms with Gasteiger partial charge in [-0.3, -0.25) is 9.78 Å². The van der Waals surface area contributed by atoms with Gasteiger partial charge in [0.15, 0.2) is 6.61 Å². The average Bonchev–Trinajstić information content (AvgIpc) is 3.63. The SMILES string of the molecule is CC(NC(=O)[C@H]1C[C@@H]1c1cccc(OCc2ccccc2)c1)c1ccc(OCC(F)(F)F)cn1. The fraction of sp³-hybridized carbons (Fsp3) is 0.308. The second-order valence-electron chi connectivity index (χ2n) is 8.35. The largest absolute Gasteiger partial charge is 0.489 e. The number of halogens is 3. The van der Waals surface area contributed by atoms with Gasteiger partial charge in [-0.15, -0.1) is 0 Å². The number of alkyl halides is 3. The van der Waals surface area contributed by atoms with Gasteiger partial charge in [0.1, 0.15) is 18.1 Å². The van der Waals surface area contributed by atoms with E-state index in [2.05, 4.69) is 15.0 Å². The molecule has 1 N–H and O–H groups in total. The maximum absolute atomic E-state index is 12.7. The molecular weight excluding hydrogens is 445 g/mol. The fourth-order valence-electron chi connectivity index (χ4n) is 3.72. The van der Waals surface area contributed by atoms with E-state index in [4.69, 9.17) is 4.74 Å². The first-order valence-electron chi connectivity index (χ1n) is 11.0. The third-order valence-corrected chi connectivity index (χ3v) is 5.63. The van der Waals surface area contributed by atoms with Crippen LogP contribution in [0.2, 0.25) is 0 Å². The van der Waals surface area contributed by atoms with Crippen LogP contribution < -0.4 is 14.8 Å². The molecule has 1 fully saturated rings. The predicted octanol–water partition coefficient (Wildman–Crippen LogP) is 5.58. The zero-order valence-electron chi connectivity index (χ0n) is 18.6. The van der Waals surface area contributed by atoms with Crippen LogP contribution in [0.5, 0.6) is 11.5 Å². The van der Waals surface area contributed by atoms with E-state index in [0.717, 1.165) is 23.3 Å². The Hall–Kier alpha value is -3.55. The first kappa shape index (κ1) is 23.6. The Morgan fingerprint density at radius 3 is 2.56 bits per heavy atom. The van der Waals surface area contributed by atoms with Crippen molar-refractivity contribution in [3.63, 3.8) is 0 Å². The van der Waals surface area contributed by atoms with Crippen LogP contribution in [0.3, 0.4) is 0 Å². The smallest absolute Gasteiger partial charge is 0.422 e. The molecule has 1 heterocycles. The van der Waals surface area contributed by atoms with E-state index in [-0.39, 0.29) is 29.5 Å². The number of ether oxygens (including phenoxy) is 2. The van der Waals surface area contributed by atoms with Crippen LogP contribution in [0.1, 0.15) is 42.1 Å². The van der Waals surface area contributed by atoms with Gasteiger partial charge in [0.25, 0.3) is 0 Å². The van der Waals surface area contributed by atoms with Gasteiger partial charge in [-0.1, -0.05) is 42.5 Å². The molecule has 1 aromatic heterocycles. The minimum Gasteiger partial charge on any atom is -0.489 e. The molecular formula is C26H25F3N2O3. The number of carbonyl (C=O) groups is 1. The Morgan fingerprint density at radius 2 is 1.85 bits per heavy atom. The molecule has 0 saturated heterocycles. The van der Waals surface area contributed by atoms with E-state index >= 15 is 0 Å². The minimum atomic E-state index is -4.41. The Labute approximate surface area is 195 Å². The summed E-state index contributed by atoms with van der Waals surface area (Å²) in [6, 6.07) is 20.3. The third-order valence-electron chi connectivity index (χ3n) is 5.63. The zero-order valence-corrected chi connectivity index (χ0v) is 18.6. The second-order valence-corrected chi connectivity index (χ2v) is 8.35. The number of amides is 1. The number of benzene rings is 2. The van der Waals surface area contributed by atoms with Crippen LogP contribution in [0.4, 0.5) is 13.2 Å². The van der Waals surface area contributed by atoms with Crippen LogP contribution in [0.25, 0.3) is 0 Å². The highest BCUT2D eigenvalue weighted by Gasteiger charge is 2.44. The van der Waals surface area contributed by atoms with Crippen LogP contribution in [-0.2, 0) is 11.4 Å². The van der Waals surface area contributed by atoms with Crippen molar-refractivity contribution < 1.29 is 27.4 Å². The molecule has 0 spiro atoms. The molecule has 1 unspecified atom stereocenters. The lowest BCUT2D eigenvalue weighted by Crippen LogP contribution is -2.29. The summed E-state index contributed by atoms with van der Waals surface area (Å²) in [5.41, 5.74) is 2.68. The summed E-state index contributed by atoms with van der Waals surface area (Å²) in [6.45, 7) is 0.886. The number of nitrogens with zero attached hydrogens (tertiary/aromatic N) is 1. The maximum atomic E-state index is 12.7. The number of nitrogens with one attached hydrogen (secondary N) is 1. The summed E-state index contributed by atoms with van der Waals surface area (Å²) in [5, 5.41) is 2.94. The van der Waals surface area contributed by atoms with Gasteiger partial charge in [-0.2, -0.15) is 13.2 Å². The van der Waals surface area contributed by atoms with Crippen molar-refractivity contribution >= 4 is 5.91 Å². The van der Waals surface area contributed by atoms with Gasteiger partial charge in [0.2, 0.25) is 5.91 Å². The van der Waals surface area contributed by atoms with Crippen molar-refractivity contribution in [3.05, 3.63) is 89.7 Å². The molecule has 1 saturated carbocycles. The third kappa shape index (κ3) is 6.50. The van der Waals surface area contributed by atoms with Crippen molar-refractivity contribution in [2.24, 2.45) is 5.92 Å². The van der Waals surface area contributed by atoms with E-state index in [1.54, 1.807) is 13.0 Å². The number of pyridine rings is 1. The van der Waals surface area contributed by atoms with Crippen LogP contribution in [-0.4, -0.2) is 23.7 Å². The van der Waals surface area contributed by atoms with Gasteiger partial charge in [-0.25, -0.2) is 0 Å². The van der Waals surface area contributed by atoms with Crippen molar-refractivity contribution in [1.29, 1.82) is 0 Å². The molecule has 4 rings (SSSR count). The van der Waals surface area contributed by atoms with E-state index in [9.17, 15) is 18.0 Å². The molecule has 2 aromatic carbocycles. The summed E-state index contributed by atoms with van der Waals surface area (Å²) in [4.78, 5) is 16.9. The maximum Gasteiger partial charge on any atom is 0.422 e. The Kier molecular flexibility index (Phi) is 7.05. The molecule has 1 aliphatic rings. The van der Waals surface area contributed by atoms with Gasteiger partial charge in [0.05, 0.1) is 17.9 Å². The van der Waals surface area contributed by atoms with Crippen molar-refractivity contribution in [2.45, 2.75) is 38.1 Å². The molecule has 1 aliphatic carbocycles. The number of carbonyl (C=O) groups excluding carboxylic acids is 1. The molecule has 0 bridgehead atoms. The van der Waals surface area contributed by atoms with E-state index in [1.165, 1.54) is 12.3 Å². The van der Waals surface area contributed by atoms with Crippen molar-refractivity contribution in [2.75, 3.05) is 6.61 Å². The number of hydrogen-bond acceptors (Lipinski definition) is 4. The number of aromatic nitrogens is 1. The summed E-state index contributed by atoms with van der Waals surface area (Å²) in [5.74, 6) is 0.695. The molecule has 5 nitrogen and oxygen atoms in total. The molecule has 178 valence electrons. The van der Waals surface area contributed by atoms with Gasteiger partial charge < -0.3 is 14.8 Å². The predicted molar refractivity (Wildman–Crippen MR) is 120 cm³/mol. The lowest BCUT2D eigenvalue weighted by atomic mass is 10.1. The van der Waals surface area contributed by atoms with E-state index in [0.29, 0.717) is 12.3 Å². The molecule has 34 heavy (non-hydrogen) atoms. The molecule has 0 radical (unpaired) electrons. The van der Waals surface area contributed by atoms with E-state index in [1.807, 2.05) is 54.6 Å². The van der Waals surface area contributed by atoms with Crippen molar-refractivity contribution in [1.82, 2.24) is 10.3 Å². The summed E-state index contributed by atoms with van der Waals surface area (Å²) < 4.78 is 47.3. The van der Waals surface area contributed by atoms with Crippen molar-refractivity contribution in [3.8, 4) is 11.5 Å². The highest BCUT2D eigenvalue weighted by Crippen LogP contribution is 2.48. The Bertz CT molecular complexity index is 1100. The second kappa shape index (κ2) is 10.2. The molecule has 0 aliphatic heterocycles. The van der Waals surface area contributed by atoms with Crippen LogP contribution in [0.15, 0.2) is 72.9 Å². The topological polar surface area (TPSA) is 60.5 Å². The monoisotopic (exact) mass is 470 g/mol. The lowest BCUT2D eigenvalue weighted by molar-refractivity contribution is -0.153. The molecule has 3 aromatic rings. The van der Waals surface area contributed by atoms with Crippen LogP contribution in [0, 0.1) is 5.92 Å². The van der Waals surface area contributed by atoms with Gasteiger partial charge in [0, 0.05) is 5.92 Å². The Morgan fingerprint density at radius 1 is 1.06 bits per heavy atom. The standard InChI is InChI=1S/C26H25F3N2O3/c1-17(24-11-10-21(14-30-24)34-16-26(27,28)29)31-25(32)23-13-22(23)19-8-5-9-20(12-19)33-15-18-6-3-2-4-7-18/h2-12,14,17,22-23H,13,15-16H2,1H3,(H,31,32)/t17?,22-,23+/m1/s1. The van der Waals surface area contributed by atoms with Gasteiger partial charge in [-0.05, 0) is 54.7 Å². The van der Waals surface area contributed by atoms with E-state index < -0.39 is 12.8 Å². The average molecular weight is 470 g/mol. The zero-order chi connectivity index (χ0) is 24.1. The molecule has 3 atom stereocenters. The highest BCUT2D eigenvalue weighted by molar-refractivity contribution is 5.83. The highest BCUT2D eigenvalue weighted by atomic mass is 19.4. The Balaban J connectivity index is 1.28. The first-order valence-corrected chi connectivity index (χ1v) is 11.0. The van der Waals surface area contributed by atoms with Crippen LogP contribution >= 0.6 is 0 Å². The summed E-state index contributed by atoms with van der Waals surface area (Å²) >= 11 is 0. The molecule has 1 amide bonds. The molecule has 8 heteroatoms. The summed E-state index contributed by atoms with van der Waals surface area (Å²) in [7, 11) is 0. The minimum absolute atomic E-state index is 0.0243.